The van der Waals surface area contributed by atoms with E-state index in [4.69, 9.17) is 4.74 Å². The Bertz CT molecular complexity index is 945. The summed E-state index contributed by atoms with van der Waals surface area (Å²) in [7, 11) is 2.18. The highest BCUT2D eigenvalue weighted by Gasteiger charge is 2.31. The van der Waals surface area contributed by atoms with Gasteiger partial charge in [-0.15, -0.1) is 0 Å². The number of benzene rings is 1. The van der Waals surface area contributed by atoms with Crippen LogP contribution in [0.5, 0.6) is 5.75 Å². The van der Waals surface area contributed by atoms with Crippen molar-refractivity contribution in [1.29, 1.82) is 0 Å². The molecule has 0 aromatic heterocycles. The van der Waals surface area contributed by atoms with Gasteiger partial charge in [-0.1, -0.05) is 45.4 Å². The Labute approximate surface area is 234 Å². The van der Waals surface area contributed by atoms with Gasteiger partial charge in [-0.25, -0.2) is 4.79 Å². The van der Waals surface area contributed by atoms with E-state index in [0.29, 0.717) is 18.0 Å². The number of urea groups is 1. The zero-order chi connectivity index (χ0) is 27.8. The van der Waals surface area contributed by atoms with Crippen molar-refractivity contribution < 1.29 is 19.4 Å². The number of likely N-dealkylation sites (N-methyl/N-ethyl adjacent to an activating group) is 1. The fourth-order valence-corrected chi connectivity index (χ4v) is 6.52. The van der Waals surface area contributed by atoms with Crippen LogP contribution in [0.4, 0.5) is 10.5 Å². The Balaban J connectivity index is 1.50. The summed E-state index contributed by atoms with van der Waals surface area (Å²) in [6, 6.07) is 5.37. The molecule has 0 saturated heterocycles. The van der Waals surface area contributed by atoms with Crippen LogP contribution in [0.3, 0.4) is 0 Å². The van der Waals surface area contributed by atoms with E-state index < -0.39 is 0 Å². The molecule has 4 rings (SSSR count). The SMILES string of the molecule is C[C@@H]1CN([C@H](C)CO)C(=O)Cc2cc(NC(=O)NC3CCCCC3)ccc2O[C@H]1CN(C)CC1CCCCC1. The van der Waals surface area contributed by atoms with E-state index >= 15 is 0 Å². The zero-order valence-corrected chi connectivity index (χ0v) is 24.3. The fraction of sp³-hybridized carbons (Fsp3) is 0.742. The number of nitrogens with zero attached hydrogens (tertiary/aromatic N) is 2. The highest BCUT2D eigenvalue weighted by molar-refractivity contribution is 5.90. The maximum atomic E-state index is 13.5. The normalized spacial score (nSPS) is 24.2. The summed E-state index contributed by atoms with van der Waals surface area (Å²) in [6.07, 6.45) is 12.3. The molecule has 39 heavy (non-hydrogen) atoms. The minimum absolute atomic E-state index is 0.0340. The van der Waals surface area contributed by atoms with Gasteiger partial charge in [0, 0.05) is 42.8 Å². The van der Waals surface area contributed by atoms with Crippen molar-refractivity contribution in [2.75, 3.05) is 38.6 Å². The van der Waals surface area contributed by atoms with Crippen molar-refractivity contribution in [1.82, 2.24) is 15.1 Å². The van der Waals surface area contributed by atoms with Gasteiger partial charge in [-0.05, 0) is 63.8 Å². The lowest BCUT2D eigenvalue weighted by Gasteiger charge is -2.35. The lowest BCUT2D eigenvalue weighted by Crippen LogP contribution is -2.48. The topological polar surface area (TPSA) is 94.1 Å². The quantitative estimate of drug-likeness (QED) is 0.439. The third kappa shape index (κ3) is 8.58. The maximum Gasteiger partial charge on any atom is 0.319 e. The standard InChI is InChI=1S/C31H50N4O4/c1-22-18-35(23(2)21-36)30(37)17-25-16-27(33-31(38)32-26-12-8-5-9-13-26)14-15-28(25)39-29(22)20-34(3)19-24-10-6-4-7-11-24/h14-16,22-24,26,29,36H,4-13,17-21H2,1-3H3,(H2,32,33,38)/t22-,23-,29+/m1/s1. The number of carbonyl (C=O) groups is 2. The minimum Gasteiger partial charge on any atom is -0.488 e. The predicted molar refractivity (Wildman–Crippen MR) is 155 cm³/mol. The molecule has 3 amide bonds. The number of nitrogens with one attached hydrogen (secondary N) is 2. The maximum absolute atomic E-state index is 13.5. The molecule has 0 radical (unpaired) electrons. The van der Waals surface area contributed by atoms with Crippen LogP contribution in [-0.4, -0.2) is 78.3 Å². The second-order valence-electron chi connectivity index (χ2n) is 12.4. The molecule has 8 heteroatoms. The van der Waals surface area contributed by atoms with E-state index in [1.54, 1.807) is 4.90 Å². The highest BCUT2D eigenvalue weighted by atomic mass is 16.5. The van der Waals surface area contributed by atoms with E-state index in [1.165, 1.54) is 38.5 Å². The molecule has 2 fully saturated rings. The average Bonchev–Trinajstić information content (AvgIpc) is 2.97. The van der Waals surface area contributed by atoms with Crippen molar-refractivity contribution in [2.45, 2.75) is 103 Å². The predicted octanol–water partition coefficient (Wildman–Crippen LogP) is 4.80. The highest BCUT2D eigenvalue weighted by Crippen LogP contribution is 2.30. The van der Waals surface area contributed by atoms with Crippen molar-refractivity contribution in [3.8, 4) is 5.75 Å². The van der Waals surface area contributed by atoms with Crippen molar-refractivity contribution in [2.24, 2.45) is 11.8 Å². The van der Waals surface area contributed by atoms with Crippen LogP contribution in [0.1, 0.15) is 83.6 Å². The molecule has 3 atom stereocenters. The first-order valence-corrected chi connectivity index (χ1v) is 15.3. The van der Waals surface area contributed by atoms with E-state index in [-0.39, 0.29) is 49.1 Å². The molecule has 1 aliphatic heterocycles. The third-order valence-corrected chi connectivity index (χ3v) is 8.90. The second-order valence-corrected chi connectivity index (χ2v) is 12.4. The van der Waals surface area contributed by atoms with Crippen molar-refractivity contribution >= 4 is 17.6 Å². The van der Waals surface area contributed by atoms with E-state index in [1.807, 2.05) is 25.1 Å². The van der Waals surface area contributed by atoms with Gasteiger partial charge >= 0.3 is 6.03 Å². The lowest BCUT2D eigenvalue weighted by atomic mass is 9.89. The average molecular weight is 543 g/mol. The summed E-state index contributed by atoms with van der Waals surface area (Å²) in [4.78, 5) is 30.3. The van der Waals surface area contributed by atoms with Gasteiger partial charge in [-0.2, -0.15) is 0 Å². The number of hydrogen-bond acceptors (Lipinski definition) is 5. The van der Waals surface area contributed by atoms with Crippen molar-refractivity contribution in [3.05, 3.63) is 23.8 Å². The van der Waals surface area contributed by atoms with Gasteiger partial charge in [-0.3, -0.25) is 4.79 Å². The van der Waals surface area contributed by atoms with E-state index in [9.17, 15) is 14.7 Å². The Kier molecular flexibility index (Phi) is 10.9. The fourth-order valence-electron chi connectivity index (χ4n) is 6.52. The number of anilines is 1. The number of rotatable bonds is 8. The molecule has 2 aliphatic carbocycles. The number of aliphatic hydroxyl groups excluding tert-OH is 1. The molecule has 3 N–H and O–H groups in total. The molecule has 1 aromatic rings. The van der Waals surface area contributed by atoms with Crippen LogP contribution in [0.25, 0.3) is 0 Å². The first-order valence-electron chi connectivity index (χ1n) is 15.3. The molecule has 1 aromatic carbocycles. The van der Waals surface area contributed by atoms with Crippen LogP contribution in [0, 0.1) is 11.8 Å². The van der Waals surface area contributed by atoms with Crippen LogP contribution in [-0.2, 0) is 11.2 Å². The van der Waals surface area contributed by atoms with Gasteiger partial charge in [0.2, 0.25) is 5.91 Å². The molecular formula is C31H50N4O4. The third-order valence-electron chi connectivity index (χ3n) is 8.90. The lowest BCUT2D eigenvalue weighted by molar-refractivity contribution is -0.134. The molecule has 0 spiro atoms. The number of fused-ring (bicyclic) bond motifs is 1. The first-order chi connectivity index (χ1) is 18.8. The number of amides is 3. The number of aliphatic hydroxyl groups is 1. The van der Waals surface area contributed by atoms with Gasteiger partial charge in [0.25, 0.3) is 0 Å². The molecule has 1 heterocycles. The smallest absolute Gasteiger partial charge is 0.319 e. The van der Waals surface area contributed by atoms with Crippen LogP contribution < -0.4 is 15.4 Å². The summed E-state index contributed by atoms with van der Waals surface area (Å²) in [5, 5.41) is 16.0. The van der Waals surface area contributed by atoms with Crippen molar-refractivity contribution in [3.63, 3.8) is 0 Å². The number of carbonyl (C=O) groups excluding carboxylic acids is 2. The van der Waals surface area contributed by atoms with Gasteiger partial charge in [0.1, 0.15) is 11.9 Å². The summed E-state index contributed by atoms with van der Waals surface area (Å²) >= 11 is 0. The Morgan fingerprint density at radius 3 is 2.49 bits per heavy atom. The van der Waals surface area contributed by atoms with Gasteiger partial charge in [0.15, 0.2) is 0 Å². The Morgan fingerprint density at radius 1 is 1.10 bits per heavy atom. The van der Waals surface area contributed by atoms with Crippen LogP contribution >= 0.6 is 0 Å². The number of hydrogen-bond donors (Lipinski definition) is 3. The van der Waals surface area contributed by atoms with Gasteiger partial charge < -0.3 is 30.3 Å². The Hall–Kier alpha value is -2.32. The second kappa shape index (κ2) is 14.4. The van der Waals surface area contributed by atoms with Crippen LogP contribution in [0.2, 0.25) is 0 Å². The molecule has 0 unspecified atom stereocenters. The van der Waals surface area contributed by atoms with E-state index in [2.05, 4.69) is 29.5 Å². The summed E-state index contributed by atoms with van der Waals surface area (Å²) in [5.41, 5.74) is 1.41. The summed E-state index contributed by atoms with van der Waals surface area (Å²) in [5.74, 6) is 1.49. The zero-order valence-electron chi connectivity index (χ0n) is 24.3. The molecule has 0 bridgehead atoms. The summed E-state index contributed by atoms with van der Waals surface area (Å²) < 4.78 is 6.67. The molecular weight excluding hydrogens is 492 g/mol. The largest absolute Gasteiger partial charge is 0.488 e. The van der Waals surface area contributed by atoms with Gasteiger partial charge in [0.05, 0.1) is 19.1 Å². The first kappa shape index (κ1) is 29.7. The van der Waals surface area contributed by atoms with Crippen LogP contribution in [0.15, 0.2) is 18.2 Å². The summed E-state index contributed by atoms with van der Waals surface area (Å²) in [6.45, 7) is 6.32. The minimum atomic E-state index is -0.273. The monoisotopic (exact) mass is 542 g/mol. The molecule has 8 nitrogen and oxygen atoms in total. The van der Waals surface area contributed by atoms with E-state index in [0.717, 1.165) is 50.3 Å². The molecule has 218 valence electrons. The Morgan fingerprint density at radius 2 is 1.79 bits per heavy atom. The molecule has 2 saturated carbocycles. The molecule has 3 aliphatic rings. The number of ether oxygens (including phenoxy) is 1.